The highest BCUT2D eigenvalue weighted by atomic mass is 32.2. The predicted octanol–water partition coefficient (Wildman–Crippen LogP) is 3.04. The Labute approximate surface area is 106 Å². The van der Waals surface area contributed by atoms with Crippen LogP contribution in [0.1, 0.15) is 41.3 Å². The van der Waals surface area contributed by atoms with E-state index in [1.54, 1.807) is 4.88 Å². The van der Waals surface area contributed by atoms with Gasteiger partial charge in [0.1, 0.15) is 5.01 Å². The van der Waals surface area contributed by atoms with Crippen LogP contribution in [0.25, 0.3) is 0 Å². The van der Waals surface area contributed by atoms with Crippen LogP contribution in [0.3, 0.4) is 0 Å². The zero-order valence-corrected chi connectivity index (χ0v) is 11.7. The second-order valence-electron chi connectivity index (χ2n) is 4.20. The molecule has 0 spiro atoms. The van der Waals surface area contributed by atoms with Gasteiger partial charge in [0.25, 0.3) is 0 Å². The van der Waals surface area contributed by atoms with Gasteiger partial charge in [-0.25, -0.2) is 4.98 Å². The molecule has 1 atom stereocenters. The molecule has 16 heavy (non-hydrogen) atoms. The van der Waals surface area contributed by atoms with Crippen molar-refractivity contribution in [1.29, 1.82) is 0 Å². The predicted molar refractivity (Wildman–Crippen MR) is 73.6 cm³/mol. The lowest BCUT2D eigenvalue weighted by Gasteiger charge is -2.20. The maximum absolute atomic E-state index is 4.85. The number of aryl methyl sites for hydroxylation is 1. The van der Waals surface area contributed by atoms with Crippen LogP contribution in [-0.4, -0.2) is 24.3 Å². The van der Waals surface area contributed by atoms with E-state index < -0.39 is 0 Å². The third-order valence-corrected chi connectivity index (χ3v) is 5.19. The minimum absolute atomic E-state index is 0.658. The quantitative estimate of drug-likeness (QED) is 0.876. The normalized spacial score (nSPS) is 19.8. The van der Waals surface area contributed by atoms with E-state index in [0.29, 0.717) is 5.92 Å². The van der Waals surface area contributed by atoms with Crippen LogP contribution in [0.2, 0.25) is 0 Å². The Morgan fingerprint density at radius 3 is 3.19 bits per heavy atom. The first-order chi connectivity index (χ1) is 7.85. The molecule has 0 bridgehead atoms. The maximum atomic E-state index is 4.85. The summed E-state index contributed by atoms with van der Waals surface area (Å²) < 4.78 is 0. The Morgan fingerprint density at radius 2 is 2.44 bits per heavy atom. The summed E-state index contributed by atoms with van der Waals surface area (Å²) in [6, 6.07) is 0. The molecule has 1 aliphatic rings. The zero-order valence-electron chi connectivity index (χ0n) is 10.1. The molecule has 2 rings (SSSR count). The van der Waals surface area contributed by atoms with Crippen molar-refractivity contribution in [2.24, 2.45) is 0 Å². The van der Waals surface area contributed by atoms with Crippen molar-refractivity contribution < 1.29 is 0 Å². The van der Waals surface area contributed by atoms with Crippen LogP contribution in [0.5, 0.6) is 0 Å². The molecule has 0 aromatic carbocycles. The van der Waals surface area contributed by atoms with Gasteiger partial charge in [-0.2, -0.15) is 11.8 Å². The van der Waals surface area contributed by atoms with Gasteiger partial charge in [-0.3, -0.25) is 0 Å². The van der Waals surface area contributed by atoms with Crippen LogP contribution in [0, 0.1) is 0 Å². The van der Waals surface area contributed by atoms with Crippen LogP contribution < -0.4 is 5.32 Å². The number of fused-ring (bicyclic) bond motifs is 1. The van der Waals surface area contributed by atoms with E-state index >= 15 is 0 Å². The molecule has 1 aromatic heterocycles. The Kier molecular flexibility index (Phi) is 4.67. The van der Waals surface area contributed by atoms with Gasteiger partial charge in [-0.15, -0.1) is 11.3 Å². The van der Waals surface area contributed by atoms with E-state index in [9.17, 15) is 0 Å². The zero-order chi connectivity index (χ0) is 11.4. The summed E-state index contributed by atoms with van der Waals surface area (Å²) in [6.07, 6.45) is 3.89. The number of thioether (sulfide) groups is 1. The second kappa shape index (κ2) is 6.03. The summed E-state index contributed by atoms with van der Waals surface area (Å²) in [5, 5.41) is 4.62. The lowest BCUT2D eigenvalue weighted by molar-refractivity contribution is 0.522. The summed E-state index contributed by atoms with van der Waals surface area (Å²) in [7, 11) is 2.04. The molecule has 1 aliphatic carbocycles. The summed E-state index contributed by atoms with van der Waals surface area (Å²) in [4.78, 5) is 6.40. The molecule has 1 N–H and O–H groups in total. The minimum Gasteiger partial charge on any atom is -0.319 e. The third kappa shape index (κ3) is 2.79. The van der Waals surface area contributed by atoms with Gasteiger partial charge in [0.2, 0.25) is 0 Å². The van der Waals surface area contributed by atoms with Crippen LogP contribution in [0.15, 0.2) is 0 Å². The summed E-state index contributed by atoms with van der Waals surface area (Å²) >= 11 is 3.92. The average Bonchev–Trinajstić information content (AvgIpc) is 2.70. The van der Waals surface area contributed by atoms with Crippen molar-refractivity contribution in [1.82, 2.24) is 10.3 Å². The van der Waals surface area contributed by atoms with Gasteiger partial charge in [-0.1, -0.05) is 6.92 Å². The van der Waals surface area contributed by atoms with E-state index in [0.717, 1.165) is 12.3 Å². The van der Waals surface area contributed by atoms with Gasteiger partial charge in [0, 0.05) is 23.1 Å². The highest BCUT2D eigenvalue weighted by molar-refractivity contribution is 7.98. The molecule has 1 unspecified atom stereocenters. The van der Waals surface area contributed by atoms with Crippen molar-refractivity contribution in [2.75, 3.05) is 19.3 Å². The van der Waals surface area contributed by atoms with Crippen molar-refractivity contribution >= 4 is 23.1 Å². The third-order valence-electron chi connectivity index (χ3n) is 3.00. The van der Waals surface area contributed by atoms with Crippen LogP contribution in [-0.2, 0) is 12.2 Å². The number of nitrogens with one attached hydrogen (secondary N) is 1. The number of likely N-dealkylation sites (N-methyl/N-ethyl adjacent to an activating group) is 1. The lowest BCUT2D eigenvalue weighted by Crippen LogP contribution is -2.21. The van der Waals surface area contributed by atoms with Gasteiger partial charge >= 0.3 is 0 Å². The fourth-order valence-electron chi connectivity index (χ4n) is 2.25. The van der Waals surface area contributed by atoms with E-state index in [1.807, 2.05) is 30.1 Å². The van der Waals surface area contributed by atoms with E-state index in [1.165, 1.54) is 35.7 Å². The molecule has 90 valence electrons. The van der Waals surface area contributed by atoms with E-state index in [2.05, 4.69) is 12.2 Å². The minimum atomic E-state index is 0.658. The Bertz CT molecular complexity index is 336. The molecule has 0 aliphatic heterocycles. The SMILES string of the molecule is CCSCc1nc2c(s1)CCCC2CNC. The van der Waals surface area contributed by atoms with Crippen molar-refractivity contribution in [2.45, 2.75) is 37.9 Å². The Balaban J connectivity index is 2.10. The first-order valence-electron chi connectivity index (χ1n) is 6.06. The molecule has 0 amide bonds. The number of thiazole rings is 1. The molecule has 2 nitrogen and oxygen atoms in total. The van der Waals surface area contributed by atoms with Crippen LogP contribution in [0.4, 0.5) is 0 Å². The number of hydrogen-bond acceptors (Lipinski definition) is 4. The number of nitrogens with zero attached hydrogens (tertiary/aromatic N) is 1. The number of aromatic nitrogens is 1. The van der Waals surface area contributed by atoms with Crippen molar-refractivity contribution in [3.05, 3.63) is 15.6 Å². The second-order valence-corrected chi connectivity index (χ2v) is 6.64. The van der Waals surface area contributed by atoms with Crippen molar-refractivity contribution in [3.63, 3.8) is 0 Å². The lowest BCUT2D eigenvalue weighted by atomic mass is 9.91. The average molecular weight is 256 g/mol. The number of hydrogen-bond donors (Lipinski definition) is 1. The summed E-state index contributed by atoms with van der Waals surface area (Å²) in [5.74, 6) is 2.94. The van der Waals surface area contributed by atoms with Gasteiger partial charge < -0.3 is 5.32 Å². The molecule has 1 heterocycles. The maximum Gasteiger partial charge on any atom is 0.103 e. The smallest absolute Gasteiger partial charge is 0.103 e. The van der Waals surface area contributed by atoms with E-state index in [4.69, 9.17) is 4.98 Å². The van der Waals surface area contributed by atoms with Gasteiger partial charge in [-0.05, 0) is 32.1 Å². The fourth-order valence-corrected chi connectivity index (χ4v) is 4.17. The molecule has 0 radical (unpaired) electrons. The summed E-state index contributed by atoms with van der Waals surface area (Å²) in [5.41, 5.74) is 1.40. The summed E-state index contributed by atoms with van der Waals surface area (Å²) in [6.45, 7) is 3.29. The first-order valence-corrected chi connectivity index (χ1v) is 8.03. The Hall–Kier alpha value is -0.0600. The monoisotopic (exact) mass is 256 g/mol. The van der Waals surface area contributed by atoms with Crippen molar-refractivity contribution in [3.8, 4) is 0 Å². The molecule has 0 saturated heterocycles. The van der Waals surface area contributed by atoms with E-state index in [-0.39, 0.29) is 0 Å². The topological polar surface area (TPSA) is 24.9 Å². The van der Waals surface area contributed by atoms with Gasteiger partial charge in [0.05, 0.1) is 5.69 Å². The Morgan fingerprint density at radius 1 is 1.56 bits per heavy atom. The number of rotatable bonds is 5. The van der Waals surface area contributed by atoms with Gasteiger partial charge in [0.15, 0.2) is 0 Å². The highest BCUT2D eigenvalue weighted by Crippen LogP contribution is 2.35. The molecule has 4 heteroatoms. The first kappa shape index (κ1) is 12.4. The molecular formula is C12H20N2S2. The molecule has 0 saturated carbocycles. The molecule has 0 fully saturated rings. The largest absolute Gasteiger partial charge is 0.319 e. The standard InChI is InChI=1S/C12H20N2S2/c1-3-15-8-11-14-12-9(7-13-2)5-4-6-10(12)16-11/h9,13H,3-8H2,1-2H3. The molecule has 1 aromatic rings. The highest BCUT2D eigenvalue weighted by Gasteiger charge is 2.23. The van der Waals surface area contributed by atoms with Crippen LogP contribution >= 0.6 is 23.1 Å². The molecular weight excluding hydrogens is 236 g/mol. The fraction of sp³-hybridized carbons (Fsp3) is 0.750.